The summed E-state index contributed by atoms with van der Waals surface area (Å²) in [5.41, 5.74) is 1.25. The van der Waals surface area contributed by atoms with Gasteiger partial charge in [-0.05, 0) is 37.6 Å². The van der Waals surface area contributed by atoms with Crippen molar-refractivity contribution in [3.05, 3.63) is 78.0 Å². The summed E-state index contributed by atoms with van der Waals surface area (Å²) in [6.45, 7) is 4.11. The van der Waals surface area contributed by atoms with Gasteiger partial charge < -0.3 is 9.71 Å². The van der Waals surface area contributed by atoms with Crippen LogP contribution in [0.1, 0.15) is 19.9 Å². The van der Waals surface area contributed by atoms with Gasteiger partial charge in [0.25, 0.3) is 0 Å². The SMILES string of the molecule is CC(C)[n+]1ccn(-c2nc3ccccc3nc2[N-]S(=O)(=O)c2ccccc2)c1. The molecule has 2 heterocycles. The van der Waals surface area contributed by atoms with Gasteiger partial charge in [0.05, 0.1) is 16.5 Å². The number of sulfonamides is 1. The normalized spacial score (nSPS) is 11.8. The van der Waals surface area contributed by atoms with E-state index in [1.165, 1.54) is 12.1 Å². The second kappa shape index (κ2) is 7.05. The zero-order chi connectivity index (χ0) is 19.7. The van der Waals surface area contributed by atoms with Gasteiger partial charge in [0.15, 0.2) is 0 Å². The standard InChI is InChI=1S/C20H19N5O2S/c1-15(2)24-12-13-25(14-24)20-19(21-17-10-6-7-11-18(17)22-20)23-28(26,27)16-8-4-3-5-9-16/h3-15H,1-2H3. The molecular formula is C20H19N5O2S. The molecule has 2 aromatic heterocycles. The molecule has 0 aliphatic heterocycles. The van der Waals surface area contributed by atoms with Crippen LogP contribution in [0.2, 0.25) is 0 Å². The Morgan fingerprint density at radius 1 is 0.964 bits per heavy atom. The number of nitrogens with zero attached hydrogens (tertiary/aromatic N) is 5. The summed E-state index contributed by atoms with van der Waals surface area (Å²) in [4.78, 5) is 9.21. The molecule has 0 atom stereocenters. The second-order valence-corrected chi connectivity index (χ2v) is 8.20. The van der Waals surface area contributed by atoms with Crippen molar-refractivity contribution >= 4 is 26.9 Å². The largest absolute Gasteiger partial charge is 0.429 e. The third-order valence-corrected chi connectivity index (χ3v) is 5.56. The van der Waals surface area contributed by atoms with Crippen molar-refractivity contribution in [2.24, 2.45) is 0 Å². The molecule has 0 bridgehead atoms. The zero-order valence-corrected chi connectivity index (χ0v) is 16.3. The molecule has 2 aromatic carbocycles. The van der Waals surface area contributed by atoms with E-state index in [9.17, 15) is 8.42 Å². The Morgan fingerprint density at radius 2 is 1.61 bits per heavy atom. The monoisotopic (exact) mass is 393 g/mol. The third-order valence-electron chi connectivity index (χ3n) is 4.28. The number of hydrogen-bond donors (Lipinski definition) is 0. The Labute approximate surface area is 163 Å². The first-order chi connectivity index (χ1) is 13.4. The maximum atomic E-state index is 12.8. The Hall–Kier alpha value is -3.26. The van der Waals surface area contributed by atoms with Crippen LogP contribution in [0.4, 0.5) is 5.82 Å². The van der Waals surface area contributed by atoms with Crippen molar-refractivity contribution in [1.82, 2.24) is 14.5 Å². The van der Waals surface area contributed by atoms with Crippen LogP contribution in [0.3, 0.4) is 0 Å². The van der Waals surface area contributed by atoms with Crippen LogP contribution in [0.15, 0.2) is 78.2 Å². The number of fused-ring (bicyclic) bond motifs is 1. The van der Waals surface area contributed by atoms with E-state index in [1.807, 2.05) is 41.5 Å². The molecule has 8 heteroatoms. The van der Waals surface area contributed by atoms with Gasteiger partial charge in [-0.25, -0.2) is 18.0 Å². The Bertz CT molecular complexity index is 1230. The number of aromatic nitrogens is 4. The van der Waals surface area contributed by atoms with Gasteiger partial charge in [-0.2, -0.15) is 4.57 Å². The molecule has 0 aliphatic carbocycles. The number of benzene rings is 2. The average molecular weight is 393 g/mol. The summed E-state index contributed by atoms with van der Waals surface area (Å²) in [6, 6.07) is 15.7. The van der Waals surface area contributed by atoms with Crippen LogP contribution in [-0.2, 0) is 10.0 Å². The lowest BCUT2D eigenvalue weighted by molar-refractivity contribution is -0.715. The summed E-state index contributed by atoms with van der Waals surface area (Å²) in [6.07, 6.45) is 5.56. The summed E-state index contributed by atoms with van der Waals surface area (Å²) in [7, 11) is -3.92. The highest BCUT2D eigenvalue weighted by Gasteiger charge is 2.17. The lowest BCUT2D eigenvalue weighted by Crippen LogP contribution is -2.33. The highest BCUT2D eigenvalue weighted by molar-refractivity contribution is 7.94. The topological polar surface area (TPSA) is 82.8 Å². The number of para-hydroxylation sites is 2. The molecule has 0 spiro atoms. The number of hydrogen-bond acceptors (Lipinski definition) is 4. The molecule has 28 heavy (non-hydrogen) atoms. The predicted molar refractivity (Wildman–Crippen MR) is 106 cm³/mol. The molecule has 0 radical (unpaired) electrons. The van der Waals surface area contributed by atoms with E-state index < -0.39 is 10.0 Å². The first-order valence-electron chi connectivity index (χ1n) is 8.83. The van der Waals surface area contributed by atoms with Gasteiger partial charge in [0.2, 0.25) is 22.2 Å². The smallest absolute Gasteiger partial charge is 0.250 e. The van der Waals surface area contributed by atoms with E-state index >= 15 is 0 Å². The fourth-order valence-corrected chi connectivity index (χ4v) is 3.73. The molecule has 0 N–H and O–H groups in total. The Morgan fingerprint density at radius 3 is 2.25 bits per heavy atom. The molecular weight excluding hydrogens is 374 g/mol. The van der Waals surface area contributed by atoms with E-state index in [-0.39, 0.29) is 16.8 Å². The maximum absolute atomic E-state index is 12.8. The summed E-state index contributed by atoms with van der Waals surface area (Å²) < 4.78 is 33.3. The molecule has 0 unspecified atom stereocenters. The fraction of sp³-hybridized carbons (Fsp3) is 0.150. The molecule has 0 fully saturated rings. The van der Waals surface area contributed by atoms with Crippen LogP contribution in [0.25, 0.3) is 21.6 Å². The van der Waals surface area contributed by atoms with Crippen LogP contribution in [-0.4, -0.2) is 23.0 Å². The Balaban J connectivity index is 1.86. The number of imidazole rings is 1. The molecule has 7 nitrogen and oxygen atoms in total. The first kappa shape index (κ1) is 18.1. The first-order valence-corrected chi connectivity index (χ1v) is 10.3. The van der Waals surface area contributed by atoms with E-state index in [2.05, 4.69) is 28.5 Å². The van der Waals surface area contributed by atoms with Crippen molar-refractivity contribution in [3.63, 3.8) is 0 Å². The van der Waals surface area contributed by atoms with Crippen LogP contribution in [0, 0.1) is 0 Å². The van der Waals surface area contributed by atoms with E-state index in [0.717, 1.165) is 0 Å². The quantitative estimate of drug-likeness (QED) is 0.484. The van der Waals surface area contributed by atoms with Gasteiger partial charge in [-0.1, -0.05) is 36.4 Å². The van der Waals surface area contributed by atoms with Crippen molar-refractivity contribution in [3.8, 4) is 5.82 Å². The zero-order valence-electron chi connectivity index (χ0n) is 15.5. The molecule has 4 rings (SSSR count). The van der Waals surface area contributed by atoms with Gasteiger partial charge in [0, 0.05) is 5.82 Å². The summed E-state index contributed by atoms with van der Waals surface area (Å²) in [5.74, 6) is 0.409. The van der Waals surface area contributed by atoms with Gasteiger partial charge in [-0.3, -0.25) is 0 Å². The van der Waals surface area contributed by atoms with E-state index in [4.69, 9.17) is 0 Å². The molecule has 0 saturated heterocycles. The minimum Gasteiger partial charge on any atom is -0.429 e. The van der Waals surface area contributed by atoms with Crippen LogP contribution >= 0.6 is 0 Å². The average Bonchev–Trinajstić information content (AvgIpc) is 3.18. The van der Waals surface area contributed by atoms with E-state index in [0.29, 0.717) is 16.9 Å². The molecule has 0 saturated carbocycles. The van der Waals surface area contributed by atoms with Gasteiger partial charge >= 0.3 is 0 Å². The minimum absolute atomic E-state index is 0.0501. The third kappa shape index (κ3) is 3.46. The number of rotatable bonds is 5. The van der Waals surface area contributed by atoms with Crippen LogP contribution in [0.5, 0.6) is 0 Å². The van der Waals surface area contributed by atoms with Crippen molar-refractivity contribution < 1.29 is 13.0 Å². The van der Waals surface area contributed by atoms with E-state index in [1.54, 1.807) is 28.8 Å². The Kier molecular flexibility index (Phi) is 4.56. The van der Waals surface area contributed by atoms with Gasteiger partial charge in [-0.15, -0.1) is 0 Å². The second-order valence-electron chi connectivity index (χ2n) is 6.60. The molecule has 4 aromatic rings. The minimum atomic E-state index is -3.92. The highest BCUT2D eigenvalue weighted by atomic mass is 32.2. The lowest BCUT2D eigenvalue weighted by atomic mass is 10.3. The van der Waals surface area contributed by atoms with Crippen molar-refractivity contribution in [2.45, 2.75) is 24.8 Å². The molecule has 142 valence electrons. The summed E-state index contributed by atoms with van der Waals surface area (Å²) >= 11 is 0. The molecule has 0 aliphatic rings. The highest BCUT2D eigenvalue weighted by Crippen LogP contribution is 2.31. The van der Waals surface area contributed by atoms with Crippen LogP contribution < -0.4 is 4.57 Å². The van der Waals surface area contributed by atoms with Crippen molar-refractivity contribution in [1.29, 1.82) is 0 Å². The summed E-state index contributed by atoms with van der Waals surface area (Å²) in [5, 5.41) is 0. The fourth-order valence-electron chi connectivity index (χ4n) is 2.78. The lowest BCUT2D eigenvalue weighted by Gasteiger charge is -2.18. The molecule has 0 amide bonds. The van der Waals surface area contributed by atoms with Gasteiger partial charge in [0.1, 0.15) is 12.4 Å². The maximum Gasteiger partial charge on any atom is 0.250 e. The van der Waals surface area contributed by atoms with Crippen molar-refractivity contribution in [2.75, 3.05) is 0 Å². The predicted octanol–water partition coefficient (Wildman–Crippen LogP) is 3.68.